The van der Waals surface area contributed by atoms with Crippen molar-refractivity contribution >= 4 is 5.91 Å². The average molecular weight is 269 g/mol. The summed E-state index contributed by atoms with van der Waals surface area (Å²) in [6.45, 7) is 0. The molecule has 106 valence electrons. The average Bonchev–Trinajstić information content (AvgIpc) is 3.06. The lowest BCUT2D eigenvalue weighted by molar-refractivity contribution is -0.130. The molecule has 3 saturated carbocycles. The first kappa shape index (κ1) is 12.4. The number of fused-ring (bicyclic) bond motifs is 2. The summed E-state index contributed by atoms with van der Waals surface area (Å²) in [6.07, 6.45) is 8.51. The molecule has 0 heterocycles. The van der Waals surface area contributed by atoms with E-state index in [0.29, 0.717) is 17.7 Å². The fraction of sp³-hybridized carbons (Fsp3) is 0.611. The van der Waals surface area contributed by atoms with Gasteiger partial charge in [-0.15, -0.1) is 0 Å². The van der Waals surface area contributed by atoms with Crippen molar-refractivity contribution in [2.24, 2.45) is 17.8 Å². The first-order chi connectivity index (χ1) is 9.77. The van der Waals surface area contributed by atoms with Gasteiger partial charge in [0.15, 0.2) is 0 Å². The predicted octanol–water partition coefficient (Wildman–Crippen LogP) is 3.62. The van der Waals surface area contributed by atoms with Gasteiger partial charge in [-0.2, -0.15) is 0 Å². The van der Waals surface area contributed by atoms with Crippen molar-refractivity contribution in [3.05, 3.63) is 35.9 Å². The summed E-state index contributed by atoms with van der Waals surface area (Å²) in [5.74, 6) is 2.15. The Balaban J connectivity index is 1.51. The van der Waals surface area contributed by atoms with Gasteiger partial charge in [0.05, 0.1) is 5.54 Å². The molecule has 3 unspecified atom stereocenters. The first-order valence-corrected chi connectivity index (χ1v) is 8.14. The lowest BCUT2D eigenvalue weighted by Gasteiger charge is -2.44. The summed E-state index contributed by atoms with van der Waals surface area (Å²) < 4.78 is 0. The van der Waals surface area contributed by atoms with Gasteiger partial charge in [0.25, 0.3) is 0 Å². The van der Waals surface area contributed by atoms with Gasteiger partial charge in [0.1, 0.15) is 0 Å². The van der Waals surface area contributed by atoms with Crippen molar-refractivity contribution in [1.29, 1.82) is 0 Å². The molecule has 4 rings (SSSR count). The number of nitrogens with one attached hydrogen (secondary N) is 1. The molecule has 0 aliphatic heterocycles. The van der Waals surface area contributed by atoms with Crippen LogP contribution < -0.4 is 5.32 Å². The minimum atomic E-state index is -0.0554. The molecular formula is C18H23NO. The van der Waals surface area contributed by atoms with Gasteiger partial charge in [-0.05, 0) is 55.9 Å². The normalized spacial score (nSPS) is 33.7. The van der Waals surface area contributed by atoms with Crippen LogP contribution in [0.1, 0.15) is 50.5 Å². The summed E-state index contributed by atoms with van der Waals surface area (Å²) in [4.78, 5) is 12.7. The van der Waals surface area contributed by atoms with Crippen LogP contribution in [0.15, 0.2) is 30.3 Å². The number of hydrogen-bond acceptors (Lipinski definition) is 1. The Hall–Kier alpha value is -1.31. The fourth-order valence-electron chi connectivity index (χ4n) is 4.67. The van der Waals surface area contributed by atoms with Crippen LogP contribution in [-0.2, 0) is 10.3 Å². The number of benzene rings is 1. The molecular weight excluding hydrogens is 246 g/mol. The van der Waals surface area contributed by atoms with Gasteiger partial charge in [-0.1, -0.05) is 36.8 Å². The molecule has 2 nitrogen and oxygen atoms in total. The molecule has 1 aromatic rings. The summed E-state index contributed by atoms with van der Waals surface area (Å²) in [5.41, 5.74) is 1.24. The highest BCUT2D eigenvalue weighted by molar-refractivity contribution is 5.80. The zero-order valence-corrected chi connectivity index (χ0v) is 12.0. The van der Waals surface area contributed by atoms with Crippen LogP contribution in [-0.4, -0.2) is 5.91 Å². The molecule has 20 heavy (non-hydrogen) atoms. The van der Waals surface area contributed by atoms with Gasteiger partial charge in [0.2, 0.25) is 5.91 Å². The Labute approximate surface area is 121 Å². The van der Waals surface area contributed by atoms with Gasteiger partial charge < -0.3 is 5.32 Å². The standard InChI is InChI=1S/C18H23NO/c20-17(16-12-13-7-8-14(16)11-13)19-18(9-4-10-18)15-5-2-1-3-6-15/h1-3,5-6,13-14,16H,4,7-12H2,(H,19,20). The zero-order valence-electron chi connectivity index (χ0n) is 12.0. The third-order valence-corrected chi connectivity index (χ3v) is 5.97. The lowest BCUT2D eigenvalue weighted by atomic mass is 9.71. The Morgan fingerprint density at radius 2 is 1.90 bits per heavy atom. The smallest absolute Gasteiger partial charge is 0.224 e. The second-order valence-electron chi connectivity index (χ2n) is 7.07. The maximum atomic E-state index is 12.7. The van der Waals surface area contributed by atoms with Crippen molar-refractivity contribution in [2.45, 2.75) is 50.5 Å². The van der Waals surface area contributed by atoms with Gasteiger partial charge >= 0.3 is 0 Å². The van der Waals surface area contributed by atoms with Crippen LogP contribution in [0.3, 0.4) is 0 Å². The van der Waals surface area contributed by atoms with E-state index in [2.05, 4.69) is 29.6 Å². The number of amides is 1. The van der Waals surface area contributed by atoms with E-state index in [9.17, 15) is 4.79 Å². The number of hydrogen-bond donors (Lipinski definition) is 1. The van der Waals surface area contributed by atoms with E-state index in [1.54, 1.807) is 0 Å². The zero-order chi connectivity index (χ0) is 13.6. The maximum Gasteiger partial charge on any atom is 0.224 e. The highest BCUT2D eigenvalue weighted by Crippen LogP contribution is 2.49. The Kier molecular flexibility index (Phi) is 2.87. The van der Waals surface area contributed by atoms with E-state index in [4.69, 9.17) is 0 Å². The van der Waals surface area contributed by atoms with Gasteiger partial charge in [-0.3, -0.25) is 4.79 Å². The topological polar surface area (TPSA) is 29.1 Å². The van der Waals surface area contributed by atoms with Gasteiger partial charge in [0, 0.05) is 5.92 Å². The van der Waals surface area contributed by atoms with Crippen molar-refractivity contribution in [3.8, 4) is 0 Å². The maximum absolute atomic E-state index is 12.7. The van der Waals surface area contributed by atoms with Crippen molar-refractivity contribution in [2.75, 3.05) is 0 Å². The van der Waals surface area contributed by atoms with E-state index in [-0.39, 0.29) is 5.54 Å². The minimum Gasteiger partial charge on any atom is -0.346 e. The Bertz CT molecular complexity index is 505. The summed E-state index contributed by atoms with van der Waals surface area (Å²) >= 11 is 0. The van der Waals surface area contributed by atoms with Crippen molar-refractivity contribution in [1.82, 2.24) is 5.32 Å². The predicted molar refractivity (Wildman–Crippen MR) is 79.1 cm³/mol. The SMILES string of the molecule is O=C(NC1(c2ccccc2)CCC1)C1CC2CCC1C2. The third-order valence-electron chi connectivity index (χ3n) is 5.97. The number of carbonyl (C=O) groups is 1. The molecule has 3 aliphatic carbocycles. The number of carbonyl (C=O) groups excluding carboxylic acids is 1. The van der Waals surface area contributed by atoms with Crippen molar-refractivity contribution < 1.29 is 4.79 Å². The van der Waals surface area contributed by atoms with Crippen LogP contribution in [0, 0.1) is 17.8 Å². The molecule has 0 radical (unpaired) electrons. The first-order valence-electron chi connectivity index (χ1n) is 8.14. The van der Waals surface area contributed by atoms with E-state index in [1.165, 1.54) is 31.2 Å². The van der Waals surface area contributed by atoms with Crippen LogP contribution in [0.5, 0.6) is 0 Å². The minimum absolute atomic E-state index is 0.0554. The molecule has 0 saturated heterocycles. The monoisotopic (exact) mass is 269 g/mol. The molecule has 3 fully saturated rings. The summed E-state index contributed by atoms with van der Waals surface area (Å²) in [5, 5.41) is 3.43. The van der Waals surface area contributed by atoms with Gasteiger partial charge in [-0.25, -0.2) is 0 Å². The van der Waals surface area contributed by atoms with E-state index in [1.807, 2.05) is 6.07 Å². The quantitative estimate of drug-likeness (QED) is 0.892. The number of rotatable bonds is 3. The highest BCUT2D eigenvalue weighted by Gasteiger charge is 2.46. The van der Waals surface area contributed by atoms with Crippen molar-refractivity contribution in [3.63, 3.8) is 0 Å². The summed E-state index contributed by atoms with van der Waals surface area (Å²) in [6, 6.07) is 10.5. The molecule has 0 spiro atoms. The third kappa shape index (κ3) is 1.88. The molecule has 0 aromatic heterocycles. The molecule has 1 amide bonds. The van der Waals surface area contributed by atoms with Crippen LogP contribution in [0.4, 0.5) is 0 Å². The second-order valence-corrected chi connectivity index (χ2v) is 7.07. The fourth-order valence-corrected chi connectivity index (χ4v) is 4.67. The van der Waals surface area contributed by atoms with E-state index < -0.39 is 0 Å². The van der Waals surface area contributed by atoms with Crippen LogP contribution in [0.25, 0.3) is 0 Å². The molecule has 2 bridgehead atoms. The van der Waals surface area contributed by atoms with Crippen LogP contribution >= 0.6 is 0 Å². The lowest BCUT2D eigenvalue weighted by Crippen LogP contribution is -2.53. The Morgan fingerprint density at radius 1 is 1.10 bits per heavy atom. The second kappa shape index (κ2) is 4.61. The van der Waals surface area contributed by atoms with E-state index >= 15 is 0 Å². The largest absolute Gasteiger partial charge is 0.346 e. The molecule has 2 heteroatoms. The molecule has 3 atom stereocenters. The molecule has 1 aromatic carbocycles. The Morgan fingerprint density at radius 3 is 2.45 bits per heavy atom. The molecule has 1 N–H and O–H groups in total. The van der Waals surface area contributed by atoms with Crippen LogP contribution in [0.2, 0.25) is 0 Å². The highest BCUT2D eigenvalue weighted by atomic mass is 16.2. The van der Waals surface area contributed by atoms with E-state index in [0.717, 1.165) is 25.2 Å². The summed E-state index contributed by atoms with van der Waals surface area (Å²) in [7, 11) is 0. The molecule has 3 aliphatic rings.